The van der Waals surface area contributed by atoms with Crippen LogP contribution in [0.5, 0.6) is 5.75 Å². The van der Waals surface area contributed by atoms with Crippen molar-refractivity contribution >= 4 is 51.9 Å². The second-order valence-electron chi connectivity index (χ2n) is 7.54. The van der Waals surface area contributed by atoms with E-state index in [0.717, 1.165) is 23.4 Å². The summed E-state index contributed by atoms with van der Waals surface area (Å²) in [5.74, 6) is 0.230. The molecule has 2 amide bonds. The fraction of sp³-hybridized carbons (Fsp3) is 0.292. The van der Waals surface area contributed by atoms with Crippen LogP contribution in [0.1, 0.15) is 36.8 Å². The lowest BCUT2D eigenvalue weighted by atomic mass is 10.1. The number of halogens is 3. The van der Waals surface area contributed by atoms with E-state index in [0.29, 0.717) is 35.0 Å². The molecule has 10 heteroatoms. The maximum absolute atomic E-state index is 12.8. The van der Waals surface area contributed by atoms with Crippen molar-refractivity contribution in [2.45, 2.75) is 31.9 Å². The van der Waals surface area contributed by atoms with Gasteiger partial charge in [-0.25, -0.2) is 0 Å². The Hall–Kier alpha value is -2.85. The minimum atomic E-state index is -4.46. The number of alkyl halides is 3. The van der Waals surface area contributed by atoms with Gasteiger partial charge in [0, 0.05) is 18.7 Å². The molecule has 3 rings (SSSR count). The van der Waals surface area contributed by atoms with Crippen LogP contribution >= 0.6 is 24.0 Å². The number of thiocarbonyl (C=S) groups is 1. The predicted molar refractivity (Wildman–Crippen MR) is 131 cm³/mol. The average Bonchev–Trinajstić information content (AvgIpc) is 3.06. The molecule has 0 radical (unpaired) electrons. The Morgan fingerprint density at radius 2 is 1.88 bits per heavy atom. The van der Waals surface area contributed by atoms with Crippen LogP contribution in [-0.4, -0.2) is 34.7 Å². The first-order valence-electron chi connectivity index (χ1n) is 10.5. The lowest BCUT2D eigenvalue weighted by Gasteiger charge is -2.14. The van der Waals surface area contributed by atoms with Gasteiger partial charge in [-0.2, -0.15) is 13.2 Å². The maximum Gasteiger partial charge on any atom is 0.416 e. The van der Waals surface area contributed by atoms with Gasteiger partial charge in [-0.05, 0) is 54.8 Å². The minimum absolute atomic E-state index is 0.112. The minimum Gasteiger partial charge on any atom is -0.497 e. The summed E-state index contributed by atoms with van der Waals surface area (Å²) in [5, 5.41) is 2.49. The SMILES string of the molecule is COc1ccc(C=C2SC(=S)N(CCCCCC(=O)Nc3cccc(C(F)(F)F)c3)C2=O)cc1. The zero-order valence-electron chi connectivity index (χ0n) is 18.4. The summed E-state index contributed by atoms with van der Waals surface area (Å²) < 4.78 is 44.0. The molecule has 2 aromatic carbocycles. The van der Waals surface area contributed by atoms with Gasteiger partial charge in [-0.15, -0.1) is 0 Å². The smallest absolute Gasteiger partial charge is 0.416 e. The van der Waals surface area contributed by atoms with Crippen molar-refractivity contribution in [3.05, 3.63) is 64.6 Å². The Bertz CT molecular complexity index is 1090. The molecule has 0 unspecified atom stereocenters. The van der Waals surface area contributed by atoms with Crippen molar-refractivity contribution in [2.75, 3.05) is 19.0 Å². The van der Waals surface area contributed by atoms with E-state index < -0.39 is 11.7 Å². The third kappa shape index (κ3) is 7.07. The second kappa shape index (κ2) is 11.5. The first-order chi connectivity index (χ1) is 16.2. The van der Waals surface area contributed by atoms with Crippen LogP contribution in [0.4, 0.5) is 18.9 Å². The van der Waals surface area contributed by atoms with Crippen LogP contribution < -0.4 is 10.1 Å². The van der Waals surface area contributed by atoms with Crippen LogP contribution in [0.3, 0.4) is 0 Å². The van der Waals surface area contributed by atoms with Crippen molar-refractivity contribution in [3.8, 4) is 5.75 Å². The van der Waals surface area contributed by atoms with Gasteiger partial charge in [0.25, 0.3) is 5.91 Å². The van der Waals surface area contributed by atoms with E-state index in [1.54, 1.807) is 18.1 Å². The number of unbranched alkanes of at least 4 members (excludes halogenated alkanes) is 2. The number of nitrogens with zero attached hydrogens (tertiary/aromatic N) is 1. The summed E-state index contributed by atoms with van der Waals surface area (Å²) in [7, 11) is 1.59. The molecular formula is C24H23F3N2O3S2. The van der Waals surface area contributed by atoms with Crippen molar-refractivity contribution in [1.82, 2.24) is 4.90 Å². The average molecular weight is 509 g/mol. The number of rotatable bonds is 9. The molecule has 1 heterocycles. The molecule has 0 aliphatic carbocycles. The summed E-state index contributed by atoms with van der Waals surface area (Å²) in [5.41, 5.74) is 0.170. The summed E-state index contributed by atoms with van der Waals surface area (Å²) in [4.78, 5) is 26.9. The second-order valence-corrected chi connectivity index (χ2v) is 9.22. The van der Waals surface area contributed by atoms with Crippen molar-refractivity contribution in [3.63, 3.8) is 0 Å². The highest BCUT2D eigenvalue weighted by atomic mass is 32.2. The topological polar surface area (TPSA) is 58.6 Å². The highest BCUT2D eigenvalue weighted by Gasteiger charge is 2.32. The molecule has 0 saturated carbocycles. The molecular weight excluding hydrogens is 485 g/mol. The molecule has 0 spiro atoms. The normalized spacial score (nSPS) is 15.2. The van der Waals surface area contributed by atoms with Crippen molar-refractivity contribution in [2.24, 2.45) is 0 Å². The van der Waals surface area contributed by atoms with Gasteiger partial charge in [0.05, 0.1) is 17.6 Å². The first-order valence-corrected chi connectivity index (χ1v) is 11.8. The summed E-state index contributed by atoms with van der Waals surface area (Å²) in [6.45, 7) is 0.444. The van der Waals surface area contributed by atoms with Gasteiger partial charge in [-0.1, -0.05) is 48.6 Å². The molecule has 0 atom stereocenters. The molecule has 180 valence electrons. The molecule has 0 aromatic heterocycles. The number of amides is 2. The number of carbonyl (C=O) groups excluding carboxylic acids is 2. The van der Waals surface area contributed by atoms with E-state index in [-0.39, 0.29) is 23.9 Å². The van der Waals surface area contributed by atoms with Crippen molar-refractivity contribution in [1.29, 1.82) is 0 Å². The van der Waals surface area contributed by atoms with Gasteiger partial charge in [0.2, 0.25) is 5.91 Å². The van der Waals surface area contributed by atoms with E-state index in [2.05, 4.69) is 5.32 Å². The third-order valence-corrected chi connectivity index (χ3v) is 6.42. The number of anilines is 1. The predicted octanol–water partition coefficient (Wildman–Crippen LogP) is 6.11. The maximum atomic E-state index is 12.8. The van der Waals surface area contributed by atoms with Crippen LogP contribution in [0, 0.1) is 0 Å². The van der Waals surface area contributed by atoms with Gasteiger partial charge < -0.3 is 10.1 Å². The number of thioether (sulfide) groups is 1. The number of methoxy groups -OCH3 is 1. The number of nitrogens with one attached hydrogen (secondary N) is 1. The summed E-state index contributed by atoms with van der Waals surface area (Å²) >= 11 is 6.60. The standard InChI is InChI=1S/C24H23F3N2O3S2/c1-32-19-11-9-16(10-12-19)14-20-22(31)29(23(33)34-20)13-4-2-3-8-21(30)28-18-7-5-6-17(15-18)24(25,26)27/h5-7,9-12,14-15H,2-4,8,13H2,1H3,(H,28,30). The third-order valence-electron chi connectivity index (χ3n) is 5.05. The molecule has 2 aromatic rings. The molecule has 1 N–H and O–H groups in total. The van der Waals surface area contributed by atoms with Gasteiger partial charge in [0.1, 0.15) is 10.1 Å². The number of hydrogen-bond acceptors (Lipinski definition) is 5. The summed E-state index contributed by atoms with van der Waals surface area (Å²) in [6, 6.07) is 11.9. The van der Waals surface area contributed by atoms with Crippen LogP contribution in [0.25, 0.3) is 6.08 Å². The van der Waals surface area contributed by atoms with Gasteiger partial charge in [0.15, 0.2) is 0 Å². The summed E-state index contributed by atoms with van der Waals surface area (Å²) in [6.07, 6.45) is -0.635. The first kappa shape index (κ1) is 25.8. The van der Waals surface area contributed by atoms with Crippen LogP contribution in [0.15, 0.2) is 53.4 Å². The van der Waals surface area contributed by atoms with E-state index in [1.165, 1.54) is 23.9 Å². The molecule has 5 nitrogen and oxygen atoms in total. The fourth-order valence-corrected chi connectivity index (χ4v) is 4.58. The van der Waals surface area contributed by atoms with E-state index >= 15 is 0 Å². The Balaban J connectivity index is 1.42. The monoisotopic (exact) mass is 508 g/mol. The van der Waals surface area contributed by atoms with E-state index in [9.17, 15) is 22.8 Å². The number of ether oxygens (including phenoxy) is 1. The van der Waals surface area contributed by atoms with Gasteiger partial charge in [-0.3, -0.25) is 14.5 Å². The van der Waals surface area contributed by atoms with Crippen LogP contribution in [-0.2, 0) is 15.8 Å². The van der Waals surface area contributed by atoms with Crippen molar-refractivity contribution < 1.29 is 27.5 Å². The molecule has 1 saturated heterocycles. The zero-order chi connectivity index (χ0) is 24.7. The van der Waals surface area contributed by atoms with E-state index in [1.807, 2.05) is 24.3 Å². The number of benzene rings is 2. The molecule has 1 fully saturated rings. The Kier molecular flexibility index (Phi) is 8.73. The lowest BCUT2D eigenvalue weighted by molar-refractivity contribution is -0.137. The molecule has 34 heavy (non-hydrogen) atoms. The molecule has 1 aliphatic rings. The van der Waals surface area contributed by atoms with Crippen LogP contribution in [0.2, 0.25) is 0 Å². The molecule has 1 aliphatic heterocycles. The molecule has 0 bridgehead atoms. The van der Waals surface area contributed by atoms with Gasteiger partial charge >= 0.3 is 6.18 Å². The quantitative estimate of drug-likeness (QED) is 0.251. The Morgan fingerprint density at radius 1 is 1.15 bits per heavy atom. The Labute approximate surface area is 205 Å². The lowest BCUT2D eigenvalue weighted by Crippen LogP contribution is -2.29. The highest BCUT2D eigenvalue weighted by Crippen LogP contribution is 2.33. The highest BCUT2D eigenvalue weighted by molar-refractivity contribution is 8.26. The number of carbonyl (C=O) groups is 2. The number of hydrogen-bond donors (Lipinski definition) is 1. The Morgan fingerprint density at radius 3 is 2.56 bits per heavy atom. The zero-order valence-corrected chi connectivity index (χ0v) is 20.0. The largest absolute Gasteiger partial charge is 0.497 e. The fourth-order valence-electron chi connectivity index (χ4n) is 3.27. The van der Waals surface area contributed by atoms with E-state index in [4.69, 9.17) is 17.0 Å².